The van der Waals surface area contributed by atoms with Gasteiger partial charge < -0.3 is 35.2 Å². The number of nitrogens with zero attached hydrogens (tertiary/aromatic N) is 6. The molecule has 318 valence electrons. The molecule has 2 rings (SSSR count). The van der Waals surface area contributed by atoms with Crippen LogP contribution in [-0.2, 0) is 28.7 Å². The summed E-state index contributed by atoms with van der Waals surface area (Å²) in [4.78, 5) is 55.5. The monoisotopic (exact) mass is 778 g/mol. The van der Waals surface area contributed by atoms with E-state index in [-0.39, 0.29) is 52.2 Å². The van der Waals surface area contributed by atoms with Crippen LogP contribution in [0.5, 0.6) is 0 Å². The SMILES string of the molecule is C.CC#N.CC(C)(C)OC(=O)CN1CCNCCN(CC(=O)OC(C)(C)C)CC1.CCCCO.O=C(O)CN1CCN(CCO)CCN(CC(=O)O)CC1. The van der Waals surface area contributed by atoms with Gasteiger partial charge in [0.05, 0.1) is 38.9 Å². The van der Waals surface area contributed by atoms with Crippen LogP contribution in [0.15, 0.2) is 0 Å². The molecule has 0 aromatic carbocycles. The van der Waals surface area contributed by atoms with Gasteiger partial charge in [0, 0.05) is 98.6 Å². The van der Waals surface area contributed by atoms with Crippen LogP contribution in [0.1, 0.15) is 75.7 Å². The van der Waals surface area contributed by atoms with Crippen molar-refractivity contribution < 1.29 is 49.1 Å². The number of ether oxygens (including phenoxy) is 2. The van der Waals surface area contributed by atoms with Gasteiger partial charge in [-0.3, -0.25) is 43.7 Å². The molecule has 0 spiro atoms. The van der Waals surface area contributed by atoms with E-state index in [0.29, 0.717) is 65.5 Å². The number of unbranched alkanes of at least 4 members (excludes halogenated alkanes) is 1. The number of aliphatic hydroxyl groups excluding tert-OH is 2. The molecule has 0 aromatic rings. The molecular formula is C37H75N7O10. The first kappa shape index (κ1) is 55.4. The summed E-state index contributed by atoms with van der Waals surface area (Å²) in [6.45, 7) is 24.2. The largest absolute Gasteiger partial charge is 0.480 e. The topological polar surface area (TPSA) is 220 Å². The normalized spacial score (nSPS) is 17.1. The average molecular weight is 778 g/mol. The number of rotatable bonds is 12. The molecular weight excluding hydrogens is 702 g/mol. The molecule has 0 saturated carbocycles. The number of nitrogens with one attached hydrogen (secondary N) is 1. The summed E-state index contributed by atoms with van der Waals surface area (Å²) in [6, 6.07) is 1.75. The van der Waals surface area contributed by atoms with Crippen LogP contribution >= 0.6 is 0 Å². The average Bonchev–Trinajstić information content (AvgIpc) is 3.17. The number of β-amino-alcohol motifs (C(OH)–C–C–N with tert-alkyl or cyclic N) is 1. The van der Waals surface area contributed by atoms with E-state index >= 15 is 0 Å². The molecule has 0 unspecified atom stereocenters. The zero-order valence-corrected chi connectivity index (χ0v) is 33.8. The number of nitriles is 1. The Morgan fingerprint density at radius 1 is 0.630 bits per heavy atom. The van der Waals surface area contributed by atoms with Crippen LogP contribution in [0.25, 0.3) is 0 Å². The van der Waals surface area contributed by atoms with Crippen molar-refractivity contribution in [2.24, 2.45) is 0 Å². The number of carbonyl (C=O) groups is 4. The van der Waals surface area contributed by atoms with Gasteiger partial charge in [-0.05, 0) is 48.0 Å². The fraction of sp³-hybridized carbons (Fsp3) is 0.865. The van der Waals surface area contributed by atoms with E-state index in [1.165, 1.54) is 6.92 Å². The van der Waals surface area contributed by atoms with Crippen LogP contribution in [0, 0.1) is 11.3 Å². The van der Waals surface area contributed by atoms with Crippen molar-refractivity contribution in [3.63, 3.8) is 0 Å². The third-order valence-electron chi connectivity index (χ3n) is 7.33. The Kier molecular flexibility index (Phi) is 33.1. The summed E-state index contributed by atoms with van der Waals surface area (Å²) in [5, 5.41) is 45.5. The lowest BCUT2D eigenvalue weighted by molar-refractivity contribution is -0.158. The van der Waals surface area contributed by atoms with E-state index in [1.807, 2.05) is 46.4 Å². The van der Waals surface area contributed by atoms with E-state index in [9.17, 15) is 19.2 Å². The molecule has 2 aliphatic heterocycles. The minimum absolute atomic E-state index is 0. The summed E-state index contributed by atoms with van der Waals surface area (Å²) in [7, 11) is 0. The second kappa shape index (κ2) is 32.3. The molecule has 0 atom stereocenters. The third kappa shape index (κ3) is 36.0. The summed E-state index contributed by atoms with van der Waals surface area (Å²) in [5.74, 6) is -2.21. The number of aliphatic hydroxyl groups is 2. The Morgan fingerprint density at radius 2 is 0.944 bits per heavy atom. The van der Waals surface area contributed by atoms with Crippen molar-refractivity contribution in [2.45, 2.75) is 86.9 Å². The van der Waals surface area contributed by atoms with E-state index in [2.05, 4.69) is 22.0 Å². The maximum Gasteiger partial charge on any atom is 0.320 e. The van der Waals surface area contributed by atoms with Crippen molar-refractivity contribution in [1.29, 1.82) is 5.26 Å². The highest BCUT2D eigenvalue weighted by molar-refractivity contribution is 5.72. The first-order valence-electron chi connectivity index (χ1n) is 18.5. The van der Waals surface area contributed by atoms with Gasteiger partial charge >= 0.3 is 23.9 Å². The van der Waals surface area contributed by atoms with Crippen LogP contribution in [0.4, 0.5) is 0 Å². The highest BCUT2D eigenvalue weighted by atomic mass is 16.6. The number of carbonyl (C=O) groups excluding carboxylic acids is 2. The zero-order chi connectivity index (χ0) is 40.9. The molecule has 17 nitrogen and oxygen atoms in total. The predicted octanol–water partition coefficient (Wildman–Crippen LogP) is 0.889. The van der Waals surface area contributed by atoms with Gasteiger partial charge in [0.2, 0.25) is 0 Å². The van der Waals surface area contributed by atoms with Gasteiger partial charge in [-0.25, -0.2) is 0 Å². The number of hydrogen-bond acceptors (Lipinski definition) is 15. The number of carboxylic acids is 2. The summed E-state index contributed by atoms with van der Waals surface area (Å²) in [5.41, 5.74) is -0.949. The lowest BCUT2D eigenvalue weighted by atomic mass is 10.2. The Morgan fingerprint density at radius 3 is 1.19 bits per heavy atom. The number of hydrogen-bond donors (Lipinski definition) is 5. The fourth-order valence-electron chi connectivity index (χ4n) is 4.94. The van der Waals surface area contributed by atoms with Gasteiger partial charge in [-0.1, -0.05) is 20.8 Å². The molecule has 2 heterocycles. The Balaban J connectivity index is -0.000000801. The molecule has 0 amide bonds. The van der Waals surface area contributed by atoms with Crippen molar-refractivity contribution in [3.8, 4) is 6.07 Å². The Labute approximate surface area is 325 Å². The minimum atomic E-state index is -0.886. The Hall–Kier alpha value is -2.95. The molecule has 2 fully saturated rings. The highest BCUT2D eigenvalue weighted by Crippen LogP contribution is 2.09. The minimum Gasteiger partial charge on any atom is -0.480 e. The van der Waals surface area contributed by atoms with Crippen LogP contribution < -0.4 is 5.32 Å². The summed E-state index contributed by atoms with van der Waals surface area (Å²) >= 11 is 0. The lowest BCUT2D eigenvalue weighted by Crippen LogP contribution is -2.42. The molecule has 2 saturated heterocycles. The van der Waals surface area contributed by atoms with Gasteiger partial charge in [0.1, 0.15) is 11.2 Å². The maximum atomic E-state index is 12.1. The molecule has 5 N–H and O–H groups in total. The van der Waals surface area contributed by atoms with Crippen molar-refractivity contribution in [3.05, 3.63) is 0 Å². The summed E-state index contributed by atoms with van der Waals surface area (Å²) < 4.78 is 10.8. The molecule has 2 aliphatic rings. The van der Waals surface area contributed by atoms with Gasteiger partial charge in [-0.15, -0.1) is 0 Å². The molecule has 0 bridgehead atoms. The zero-order valence-electron chi connectivity index (χ0n) is 33.8. The van der Waals surface area contributed by atoms with Crippen molar-refractivity contribution in [2.75, 3.05) is 124 Å². The molecule has 0 aliphatic carbocycles. The number of carboxylic acid groups (broad SMARTS) is 2. The first-order chi connectivity index (χ1) is 24.8. The first-order valence-corrected chi connectivity index (χ1v) is 18.5. The van der Waals surface area contributed by atoms with Crippen molar-refractivity contribution in [1.82, 2.24) is 29.8 Å². The van der Waals surface area contributed by atoms with E-state index < -0.39 is 23.1 Å². The van der Waals surface area contributed by atoms with Crippen LogP contribution in [0.2, 0.25) is 0 Å². The summed E-state index contributed by atoms with van der Waals surface area (Å²) in [6.07, 6.45) is 2.04. The van der Waals surface area contributed by atoms with Gasteiger partial charge in [0.25, 0.3) is 0 Å². The van der Waals surface area contributed by atoms with Gasteiger partial charge in [0.15, 0.2) is 0 Å². The number of aliphatic carboxylic acids is 2. The van der Waals surface area contributed by atoms with E-state index in [0.717, 1.165) is 39.0 Å². The lowest BCUT2D eigenvalue weighted by Gasteiger charge is -2.27. The molecule has 0 radical (unpaired) electrons. The second-order valence-electron chi connectivity index (χ2n) is 14.7. The molecule has 17 heteroatoms. The fourth-order valence-corrected chi connectivity index (χ4v) is 4.94. The predicted molar refractivity (Wildman–Crippen MR) is 209 cm³/mol. The van der Waals surface area contributed by atoms with Gasteiger partial charge in [-0.2, -0.15) is 5.26 Å². The van der Waals surface area contributed by atoms with Crippen LogP contribution in [0.3, 0.4) is 0 Å². The van der Waals surface area contributed by atoms with E-state index in [4.69, 9.17) is 35.2 Å². The quantitative estimate of drug-likeness (QED) is 0.174. The number of esters is 2. The third-order valence-corrected chi connectivity index (χ3v) is 7.33. The molecule has 54 heavy (non-hydrogen) atoms. The highest BCUT2D eigenvalue weighted by Gasteiger charge is 2.23. The molecule has 0 aromatic heterocycles. The Bertz CT molecular complexity index is 978. The van der Waals surface area contributed by atoms with Crippen molar-refractivity contribution >= 4 is 23.9 Å². The van der Waals surface area contributed by atoms with E-state index in [1.54, 1.807) is 15.9 Å². The standard InChI is InChI=1S/C18H35N3O4.C12H23N3O5.C4H10O.C2H3N.CH4/c1-17(2,3)24-15(22)13-20-9-7-19-8-10-21(12-11-20)14-16(23)25-18(4,5)6;16-8-7-13-1-3-14(9-11(17)18)5-6-15(4-2-13)10-12(19)20;1-2-3-4-5;1-2-3;/h19H,7-14H2,1-6H3;16H,1-10H2,(H,17,18)(H,19,20);5H,2-4H2,1H3;1H3;1H4. The second-order valence-corrected chi connectivity index (χ2v) is 14.7. The van der Waals surface area contributed by atoms with Crippen LogP contribution in [-0.4, -0.2) is 204 Å². The smallest absolute Gasteiger partial charge is 0.320 e. The maximum absolute atomic E-state index is 12.1.